The van der Waals surface area contributed by atoms with E-state index in [0.29, 0.717) is 12.0 Å². The first-order valence-corrected chi connectivity index (χ1v) is 6.16. The Morgan fingerprint density at radius 3 is 2.60 bits per heavy atom. The highest BCUT2D eigenvalue weighted by Crippen LogP contribution is 2.38. The smallest absolute Gasteiger partial charge is 0.314 e. The molecule has 6 heteroatoms. The fraction of sp³-hybridized carbons (Fsp3) is 0.429. The van der Waals surface area contributed by atoms with E-state index in [0.717, 1.165) is 0 Å². The normalized spacial score (nSPS) is 21.1. The summed E-state index contributed by atoms with van der Waals surface area (Å²) in [6.45, 7) is 0.198. The van der Waals surface area contributed by atoms with Crippen LogP contribution < -0.4 is 4.74 Å². The largest absolute Gasteiger partial charge is 0.493 e. The molecule has 0 N–H and O–H groups in total. The van der Waals surface area contributed by atoms with Crippen LogP contribution in [0.5, 0.6) is 5.75 Å². The Balaban J connectivity index is 2.50. The second kappa shape index (κ2) is 5.90. The Morgan fingerprint density at radius 2 is 1.95 bits per heavy atom. The van der Waals surface area contributed by atoms with Gasteiger partial charge in [0.05, 0.1) is 32.7 Å². The van der Waals surface area contributed by atoms with Gasteiger partial charge < -0.3 is 14.2 Å². The Morgan fingerprint density at radius 1 is 1.25 bits per heavy atom. The van der Waals surface area contributed by atoms with Crippen LogP contribution in [0, 0.1) is 11.7 Å². The van der Waals surface area contributed by atoms with Crippen molar-refractivity contribution in [1.29, 1.82) is 0 Å². The minimum absolute atomic E-state index is 0.198. The average Bonchev–Trinajstić information content (AvgIpc) is 2.64. The van der Waals surface area contributed by atoms with Crippen molar-refractivity contribution in [2.45, 2.75) is 12.3 Å². The van der Waals surface area contributed by atoms with Crippen LogP contribution in [0.1, 0.15) is 17.9 Å². The number of benzene rings is 1. The van der Waals surface area contributed by atoms with E-state index in [1.807, 2.05) is 0 Å². The second-order valence-corrected chi connectivity index (χ2v) is 4.45. The molecule has 0 saturated heterocycles. The molecule has 0 amide bonds. The lowest BCUT2D eigenvalue weighted by Gasteiger charge is -2.21. The fourth-order valence-electron chi connectivity index (χ4n) is 2.39. The molecule has 0 aromatic heterocycles. The number of fused-ring (bicyclic) bond motifs is 1. The number of carbonyl (C=O) groups is 2. The molecule has 1 heterocycles. The van der Waals surface area contributed by atoms with E-state index < -0.39 is 29.6 Å². The molecule has 2 atom stereocenters. The Bertz CT molecular complexity index is 528. The molecule has 1 aliphatic rings. The molecular formula is C14H15FO5. The van der Waals surface area contributed by atoms with Gasteiger partial charge in [0, 0.05) is 11.6 Å². The molecule has 2 unspecified atom stereocenters. The molecular weight excluding hydrogens is 267 g/mol. The summed E-state index contributed by atoms with van der Waals surface area (Å²) in [6, 6.07) is 3.86. The molecule has 1 aliphatic heterocycles. The van der Waals surface area contributed by atoms with Crippen molar-refractivity contribution in [2.75, 3.05) is 20.8 Å². The average molecular weight is 282 g/mol. The van der Waals surface area contributed by atoms with Crippen molar-refractivity contribution in [3.8, 4) is 5.75 Å². The maximum absolute atomic E-state index is 13.3. The third kappa shape index (κ3) is 2.59. The zero-order valence-corrected chi connectivity index (χ0v) is 11.2. The minimum atomic E-state index is -0.856. The first-order valence-electron chi connectivity index (χ1n) is 6.16. The van der Waals surface area contributed by atoms with Crippen molar-refractivity contribution in [3.05, 3.63) is 29.6 Å². The van der Waals surface area contributed by atoms with E-state index >= 15 is 0 Å². The van der Waals surface area contributed by atoms with E-state index in [9.17, 15) is 14.0 Å². The minimum Gasteiger partial charge on any atom is -0.493 e. The first-order chi connectivity index (χ1) is 9.58. The Kier molecular flexibility index (Phi) is 4.22. The zero-order valence-electron chi connectivity index (χ0n) is 11.2. The van der Waals surface area contributed by atoms with Crippen LogP contribution in [-0.2, 0) is 19.1 Å². The predicted octanol–water partition coefficient (Wildman–Crippen LogP) is 1.65. The SMILES string of the molecule is COC(=O)C1CCOc2cc(F)ccc2C1C(=O)OC. The number of halogens is 1. The van der Waals surface area contributed by atoms with Gasteiger partial charge in [0.1, 0.15) is 11.6 Å². The van der Waals surface area contributed by atoms with Crippen LogP contribution >= 0.6 is 0 Å². The van der Waals surface area contributed by atoms with Crippen molar-refractivity contribution in [2.24, 2.45) is 5.92 Å². The van der Waals surface area contributed by atoms with Crippen molar-refractivity contribution in [1.82, 2.24) is 0 Å². The summed E-state index contributed by atoms with van der Waals surface area (Å²) in [5, 5.41) is 0. The first kappa shape index (κ1) is 14.3. The van der Waals surface area contributed by atoms with Gasteiger partial charge in [-0.2, -0.15) is 0 Å². The van der Waals surface area contributed by atoms with E-state index in [4.69, 9.17) is 14.2 Å². The third-order valence-electron chi connectivity index (χ3n) is 3.36. The summed E-state index contributed by atoms with van der Waals surface area (Å²) in [4.78, 5) is 23.9. The summed E-state index contributed by atoms with van der Waals surface area (Å²) in [6.07, 6.45) is 0.294. The molecule has 0 saturated carbocycles. The van der Waals surface area contributed by atoms with Gasteiger partial charge in [-0.1, -0.05) is 6.07 Å². The molecule has 108 valence electrons. The molecule has 20 heavy (non-hydrogen) atoms. The molecule has 0 spiro atoms. The Labute approximate surface area is 115 Å². The van der Waals surface area contributed by atoms with Crippen molar-refractivity contribution in [3.63, 3.8) is 0 Å². The summed E-state index contributed by atoms with van der Waals surface area (Å²) >= 11 is 0. The van der Waals surface area contributed by atoms with E-state index in [-0.39, 0.29) is 12.4 Å². The van der Waals surface area contributed by atoms with E-state index in [1.54, 1.807) is 0 Å². The Hall–Kier alpha value is -2.11. The second-order valence-electron chi connectivity index (χ2n) is 4.45. The number of hydrogen-bond acceptors (Lipinski definition) is 5. The van der Waals surface area contributed by atoms with Crippen LogP contribution in [0.15, 0.2) is 18.2 Å². The lowest BCUT2D eigenvalue weighted by Crippen LogP contribution is -2.29. The zero-order chi connectivity index (χ0) is 14.7. The number of hydrogen-bond donors (Lipinski definition) is 0. The maximum atomic E-state index is 13.3. The highest BCUT2D eigenvalue weighted by molar-refractivity contribution is 5.87. The molecule has 0 fully saturated rings. The van der Waals surface area contributed by atoms with E-state index in [2.05, 4.69) is 0 Å². The van der Waals surface area contributed by atoms with Gasteiger partial charge in [-0.3, -0.25) is 9.59 Å². The van der Waals surface area contributed by atoms with E-state index in [1.165, 1.54) is 32.4 Å². The van der Waals surface area contributed by atoms with Crippen molar-refractivity contribution < 1.29 is 28.2 Å². The molecule has 0 radical (unpaired) electrons. The highest BCUT2D eigenvalue weighted by Gasteiger charge is 2.40. The lowest BCUT2D eigenvalue weighted by molar-refractivity contribution is -0.154. The van der Waals surface area contributed by atoms with Gasteiger partial charge >= 0.3 is 11.9 Å². The molecule has 0 aliphatic carbocycles. The van der Waals surface area contributed by atoms with Crippen LogP contribution in [0.2, 0.25) is 0 Å². The fourth-order valence-corrected chi connectivity index (χ4v) is 2.39. The number of carbonyl (C=O) groups excluding carboxylic acids is 2. The highest BCUT2D eigenvalue weighted by atomic mass is 19.1. The maximum Gasteiger partial charge on any atom is 0.314 e. The summed E-state index contributed by atoms with van der Waals surface area (Å²) in [5.41, 5.74) is 0.436. The van der Waals surface area contributed by atoms with Crippen LogP contribution in [-0.4, -0.2) is 32.8 Å². The summed E-state index contributed by atoms with van der Waals surface area (Å²) < 4.78 is 28.2. The number of methoxy groups -OCH3 is 2. The summed E-state index contributed by atoms with van der Waals surface area (Å²) in [5.74, 6) is -2.86. The van der Waals surface area contributed by atoms with Gasteiger partial charge in [0.15, 0.2) is 0 Å². The third-order valence-corrected chi connectivity index (χ3v) is 3.36. The number of ether oxygens (including phenoxy) is 3. The quantitative estimate of drug-likeness (QED) is 0.772. The standard InChI is InChI=1S/C14H15FO5/c1-18-13(16)10-5-6-20-11-7-8(15)3-4-9(11)12(10)14(17)19-2/h3-4,7,10,12H,5-6H2,1-2H3. The molecule has 2 rings (SSSR count). The van der Waals surface area contributed by atoms with Gasteiger partial charge in [-0.05, 0) is 12.5 Å². The number of rotatable bonds is 2. The molecule has 1 aromatic carbocycles. The molecule has 0 bridgehead atoms. The molecule has 1 aromatic rings. The van der Waals surface area contributed by atoms with Crippen LogP contribution in [0.3, 0.4) is 0 Å². The monoisotopic (exact) mass is 282 g/mol. The predicted molar refractivity (Wildman–Crippen MR) is 66.8 cm³/mol. The van der Waals surface area contributed by atoms with Gasteiger partial charge in [0.25, 0.3) is 0 Å². The van der Waals surface area contributed by atoms with Gasteiger partial charge in [-0.15, -0.1) is 0 Å². The van der Waals surface area contributed by atoms with Crippen LogP contribution in [0.25, 0.3) is 0 Å². The van der Waals surface area contributed by atoms with Crippen LogP contribution in [0.4, 0.5) is 4.39 Å². The van der Waals surface area contributed by atoms with Gasteiger partial charge in [0.2, 0.25) is 0 Å². The summed E-state index contributed by atoms with van der Waals surface area (Å²) in [7, 11) is 2.50. The number of esters is 2. The molecule has 5 nitrogen and oxygen atoms in total. The van der Waals surface area contributed by atoms with Crippen molar-refractivity contribution >= 4 is 11.9 Å². The van der Waals surface area contributed by atoms with Gasteiger partial charge in [-0.25, -0.2) is 4.39 Å². The lowest BCUT2D eigenvalue weighted by atomic mass is 9.84. The topological polar surface area (TPSA) is 61.8 Å².